The second-order valence-electron chi connectivity index (χ2n) is 3.97. The molecule has 0 bridgehead atoms. The number of amides is 2. The fourth-order valence-corrected chi connectivity index (χ4v) is 1.67. The van der Waals surface area contributed by atoms with Gasteiger partial charge in [0.15, 0.2) is 5.65 Å². The van der Waals surface area contributed by atoms with E-state index in [9.17, 15) is 4.79 Å². The molecule has 0 aromatic carbocycles. The molecule has 2 heterocycles. The first kappa shape index (κ1) is 13.6. The zero-order valence-corrected chi connectivity index (χ0v) is 11.1. The summed E-state index contributed by atoms with van der Waals surface area (Å²) in [4.78, 5) is 15.7. The van der Waals surface area contributed by atoms with Crippen molar-refractivity contribution in [2.45, 2.75) is 19.4 Å². The maximum atomic E-state index is 11.6. The molecule has 102 valence electrons. The average Bonchev–Trinajstić information content (AvgIpc) is 2.77. The Labute approximate surface area is 114 Å². The van der Waals surface area contributed by atoms with Gasteiger partial charge in [0, 0.05) is 6.20 Å². The molecule has 0 saturated carbocycles. The van der Waals surface area contributed by atoms with Crippen LogP contribution in [0.2, 0.25) is 5.02 Å². The molecule has 2 amide bonds. The van der Waals surface area contributed by atoms with Gasteiger partial charge < -0.3 is 10.4 Å². The minimum absolute atomic E-state index is 0.113. The maximum absolute atomic E-state index is 11.6. The summed E-state index contributed by atoms with van der Waals surface area (Å²) in [5, 5.41) is 18.7. The molecule has 0 aliphatic heterocycles. The van der Waals surface area contributed by atoms with Crippen molar-refractivity contribution < 1.29 is 9.90 Å². The van der Waals surface area contributed by atoms with Gasteiger partial charge in [0.1, 0.15) is 0 Å². The van der Waals surface area contributed by atoms with Crippen LogP contribution < -0.4 is 10.6 Å². The fourth-order valence-electron chi connectivity index (χ4n) is 1.51. The smallest absolute Gasteiger partial charge is 0.321 e. The topological polar surface area (TPSA) is 91.5 Å². The van der Waals surface area contributed by atoms with Crippen LogP contribution in [-0.4, -0.2) is 38.4 Å². The summed E-state index contributed by atoms with van der Waals surface area (Å²) in [5.41, 5.74) is 0.578. The molecule has 0 unspecified atom stereocenters. The number of hydrogen-bond donors (Lipinski definition) is 3. The predicted octanol–water partition coefficient (Wildman–Crippen LogP) is 1.28. The van der Waals surface area contributed by atoms with Crippen molar-refractivity contribution in [1.29, 1.82) is 0 Å². The van der Waals surface area contributed by atoms with Crippen molar-refractivity contribution in [3.05, 3.63) is 23.4 Å². The van der Waals surface area contributed by atoms with Crippen molar-refractivity contribution in [3.63, 3.8) is 0 Å². The number of hydrogen-bond acceptors (Lipinski definition) is 4. The number of pyridine rings is 1. The third kappa shape index (κ3) is 3.33. The van der Waals surface area contributed by atoms with Gasteiger partial charge in [0.05, 0.1) is 17.7 Å². The van der Waals surface area contributed by atoms with E-state index in [-0.39, 0.29) is 18.6 Å². The average molecular weight is 284 g/mol. The van der Waals surface area contributed by atoms with Crippen LogP contribution in [0, 0.1) is 0 Å². The number of aliphatic hydroxyl groups is 1. The number of carbonyl (C=O) groups excluding carboxylic acids is 1. The van der Waals surface area contributed by atoms with Gasteiger partial charge in [-0.3, -0.25) is 5.32 Å². The molecule has 0 radical (unpaired) electrons. The van der Waals surface area contributed by atoms with Gasteiger partial charge in [-0.2, -0.15) is 4.98 Å². The van der Waals surface area contributed by atoms with E-state index in [0.717, 1.165) is 0 Å². The Morgan fingerprint density at radius 2 is 2.37 bits per heavy atom. The van der Waals surface area contributed by atoms with Crippen molar-refractivity contribution in [2.75, 3.05) is 11.9 Å². The highest BCUT2D eigenvalue weighted by molar-refractivity contribution is 6.30. The lowest BCUT2D eigenvalue weighted by Gasteiger charge is -2.13. The summed E-state index contributed by atoms with van der Waals surface area (Å²) in [7, 11) is 0. The zero-order valence-electron chi connectivity index (χ0n) is 10.3. The summed E-state index contributed by atoms with van der Waals surface area (Å²) in [5.74, 6) is 0.174. The molecule has 0 aliphatic rings. The quantitative estimate of drug-likeness (QED) is 0.788. The summed E-state index contributed by atoms with van der Waals surface area (Å²) in [6.45, 7) is 1.75. The third-order valence-corrected chi connectivity index (χ3v) is 2.79. The highest BCUT2D eigenvalue weighted by Gasteiger charge is 2.11. The van der Waals surface area contributed by atoms with Crippen molar-refractivity contribution in [1.82, 2.24) is 19.9 Å². The van der Waals surface area contributed by atoms with E-state index >= 15 is 0 Å². The first-order valence-electron chi connectivity index (χ1n) is 5.82. The number of carbonyl (C=O) groups is 1. The molecular weight excluding hydrogens is 270 g/mol. The molecule has 3 N–H and O–H groups in total. The molecule has 19 heavy (non-hydrogen) atoms. The largest absolute Gasteiger partial charge is 0.394 e. The fraction of sp³-hybridized carbons (Fsp3) is 0.364. The Kier molecular flexibility index (Phi) is 4.18. The summed E-state index contributed by atoms with van der Waals surface area (Å²) < 4.78 is 1.47. The monoisotopic (exact) mass is 283 g/mol. The molecule has 0 spiro atoms. The minimum Gasteiger partial charge on any atom is -0.394 e. The lowest BCUT2D eigenvalue weighted by atomic mass is 10.2. The SMILES string of the molecule is CC[C@H](CO)NC(=O)Nc1nc2ccc(Cl)cn2n1. The van der Waals surface area contributed by atoms with Crippen LogP contribution in [0.25, 0.3) is 5.65 Å². The normalized spacial score (nSPS) is 12.4. The van der Waals surface area contributed by atoms with Gasteiger partial charge in [-0.1, -0.05) is 18.5 Å². The van der Waals surface area contributed by atoms with Crippen LogP contribution in [0.15, 0.2) is 18.3 Å². The first-order valence-corrected chi connectivity index (χ1v) is 6.20. The standard InChI is InChI=1S/C11H14ClN5O2/c1-2-8(6-18)13-11(19)15-10-14-9-4-3-7(12)5-17(9)16-10/h3-5,8,18H,2,6H2,1H3,(H2,13,15,16,19)/t8-/m1/s1. The number of rotatable bonds is 4. The second kappa shape index (κ2) is 5.85. The number of halogens is 1. The van der Waals surface area contributed by atoms with E-state index in [4.69, 9.17) is 16.7 Å². The Balaban J connectivity index is 2.06. The van der Waals surface area contributed by atoms with Gasteiger partial charge in [-0.15, -0.1) is 5.10 Å². The van der Waals surface area contributed by atoms with Gasteiger partial charge in [-0.25, -0.2) is 9.31 Å². The number of aliphatic hydroxyl groups excluding tert-OH is 1. The molecule has 7 nitrogen and oxygen atoms in total. The number of nitrogens with zero attached hydrogens (tertiary/aromatic N) is 3. The van der Waals surface area contributed by atoms with Crippen molar-refractivity contribution in [2.24, 2.45) is 0 Å². The summed E-state index contributed by atoms with van der Waals surface area (Å²) >= 11 is 5.82. The molecule has 1 atom stereocenters. The van der Waals surface area contributed by atoms with Gasteiger partial charge >= 0.3 is 6.03 Å². The molecule has 2 rings (SSSR count). The zero-order chi connectivity index (χ0) is 13.8. The predicted molar refractivity (Wildman–Crippen MR) is 71.3 cm³/mol. The number of urea groups is 1. The number of aromatic nitrogens is 3. The third-order valence-electron chi connectivity index (χ3n) is 2.57. The maximum Gasteiger partial charge on any atom is 0.321 e. The van der Waals surface area contributed by atoms with E-state index in [0.29, 0.717) is 17.1 Å². The Bertz CT molecular complexity index is 581. The number of anilines is 1. The van der Waals surface area contributed by atoms with Crippen molar-refractivity contribution in [3.8, 4) is 0 Å². The number of nitrogens with one attached hydrogen (secondary N) is 2. The highest BCUT2D eigenvalue weighted by atomic mass is 35.5. The van der Waals surface area contributed by atoms with E-state index in [2.05, 4.69) is 20.7 Å². The summed E-state index contributed by atoms with van der Waals surface area (Å²) in [6.07, 6.45) is 2.23. The van der Waals surface area contributed by atoms with E-state index < -0.39 is 6.03 Å². The Morgan fingerprint density at radius 1 is 1.58 bits per heavy atom. The van der Waals surface area contributed by atoms with Crippen LogP contribution in [0.3, 0.4) is 0 Å². The lowest BCUT2D eigenvalue weighted by molar-refractivity contribution is 0.222. The van der Waals surface area contributed by atoms with E-state index in [1.54, 1.807) is 18.3 Å². The van der Waals surface area contributed by atoms with Crippen LogP contribution in [-0.2, 0) is 0 Å². The van der Waals surface area contributed by atoms with Crippen LogP contribution in [0.5, 0.6) is 0 Å². The van der Waals surface area contributed by atoms with E-state index in [1.165, 1.54) is 4.52 Å². The second-order valence-corrected chi connectivity index (χ2v) is 4.41. The van der Waals surface area contributed by atoms with Crippen molar-refractivity contribution >= 4 is 29.2 Å². The Morgan fingerprint density at radius 3 is 3.05 bits per heavy atom. The molecule has 0 saturated heterocycles. The highest BCUT2D eigenvalue weighted by Crippen LogP contribution is 2.11. The van der Waals surface area contributed by atoms with Gasteiger partial charge in [-0.05, 0) is 18.6 Å². The molecule has 0 aliphatic carbocycles. The number of fused-ring (bicyclic) bond motifs is 1. The van der Waals surface area contributed by atoms with Crippen LogP contribution in [0.1, 0.15) is 13.3 Å². The lowest BCUT2D eigenvalue weighted by Crippen LogP contribution is -2.39. The summed E-state index contributed by atoms with van der Waals surface area (Å²) in [6, 6.07) is 2.64. The molecular formula is C11H14ClN5O2. The molecule has 0 fully saturated rings. The molecule has 8 heteroatoms. The first-order chi connectivity index (χ1) is 9.12. The van der Waals surface area contributed by atoms with Crippen LogP contribution >= 0.6 is 11.6 Å². The molecule has 2 aromatic heterocycles. The van der Waals surface area contributed by atoms with Gasteiger partial charge in [0.2, 0.25) is 0 Å². The minimum atomic E-state index is -0.456. The Hall–Kier alpha value is -1.86. The van der Waals surface area contributed by atoms with Crippen LogP contribution in [0.4, 0.5) is 10.7 Å². The molecule has 2 aromatic rings. The van der Waals surface area contributed by atoms with Gasteiger partial charge in [0.25, 0.3) is 5.95 Å². The van der Waals surface area contributed by atoms with E-state index in [1.807, 2.05) is 6.92 Å².